The van der Waals surface area contributed by atoms with Crippen molar-refractivity contribution in [3.8, 4) is 11.5 Å². The molecule has 0 aromatic heterocycles. The van der Waals surface area contributed by atoms with Gasteiger partial charge in [-0.3, -0.25) is 14.5 Å². The molecule has 1 aromatic rings. The van der Waals surface area contributed by atoms with Crippen molar-refractivity contribution in [2.75, 3.05) is 27.3 Å². The highest BCUT2D eigenvalue weighted by atomic mass is 16.5. The van der Waals surface area contributed by atoms with E-state index in [-0.39, 0.29) is 24.4 Å². The molecule has 156 valence electrons. The summed E-state index contributed by atoms with van der Waals surface area (Å²) in [5.41, 5.74) is 0.0831. The van der Waals surface area contributed by atoms with Crippen molar-refractivity contribution in [2.45, 2.75) is 50.1 Å². The highest BCUT2D eigenvalue weighted by Crippen LogP contribution is 2.39. The van der Waals surface area contributed by atoms with Crippen molar-refractivity contribution in [3.05, 3.63) is 23.8 Å². The number of nitrogens with one attached hydrogen (secondary N) is 1. The van der Waals surface area contributed by atoms with E-state index in [2.05, 4.69) is 5.32 Å². The minimum absolute atomic E-state index is 0.172. The van der Waals surface area contributed by atoms with Gasteiger partial charge in [-0.25, -0.2) is 4.79 Å². The van der Waals surface area contributed by atoms with Gasteiger partial charge in [-0.05, 0) is 43.9 Å². The molecule has 0 unspecified atom stereocenters. The lowest BCUT2D eigenvalue weighted by molar-refractivity contribution is -0.139. The van der Waals surface area contributed by atoms with E-state index < -0.39 is 11.6 Å². The van der Waals surface area contributed by atoms with E-state index in [1.807, 2.05) is 18.2 Å². The highest BCUT2D eigenvalue weighted by Gasteiger charge is 2.53. The van der Waals surface area contributed by atoms with Crippen molar-refractivity contribution in [1.29, 1.82) is 0 Å². The van der Waals surface area contributed by atoms with E-state index in [9.17, 15) is 14.4 Å². The molecule has 4 rings (SSSR count). The van der Waals surface area contributed by atoms with Crippen LogP contribution in [0.1, 0.15) is 50.1 Å². The number of carbonyl (C=O) groups is 3. The van der Waals surface area contributed by atoms with Crippen LogP contribution in [-0.4, -0.2) is 60.5 Å². The van der Waals surface area contributed by atoms with Crippen LogP contribution in [0.5, 0.6) is 11.5 Å². The molecule has 2 saturated heterocycles. The Balaban J connectivity index is 1.53. The number of benzene rings is 1. The maximum absolute atomic E-state index is 13.1. The molecular formula is C21H27N3O5. The fourth-order valence-electron chi connectivity index (χ4n) is 4.85. The lowest BCUT2D eigenvalue weighted by Crippen LogP contribution is -2.46. The number of likely N-dealkylation sites (tertiary alicyclic amines) is 1. The van der Waals surface area contributed by atoms with Crippen molar-refractivity contribution in [1.82, 2.24) is 15.1 Å². The van der Waals surface area contributed by atoms with Gasteiger partial charge in [-0.2, -0.15) is 0 Å². The molecule has 2 aliphatic heterocycles. The molecule has 3 aliphatic rings. The maximum Gasteiger partial charge on any atom is 0.325 e. The summed E-state index contributed by atoms with van der Waals surface area (Å²) in [5, 5.41) is 2.83. The van der Waals surface area contributed by atoms with Gasteiger partial charge in [0.2, 0.25) is 5.91 Å². The Bertz CT molecular complexity index is 834. The van der Waals surface area contributed by atoms with E-state index in [0.29, 0.717) is 30.9 Å². The number of hydrogen-bond donors (Lipinski definition) is 1. The Morgan fingerprint density at radius 2 is 1.93 bits per heavy atom. The number of hydrogen-bond acceptors (Lipinski definition) is 5. The molecule has 8 nitrogen and oxygen atoms in total. The minimum Gasteiger partial charge on any atom is -0.497 e. The van der Waals surface area contributed by atoms with Crippen molar-refractivity contribution in [3.63, 3.8) is 0 Å². The van der Waals surface area contributed by atoms with Crippen LogP contribution in [0.2, 0.25) is 0 Å². The van der Waals surface area contributed by atoms with Crippen molar-refractivity contribution >= 4 is 17.8 Å². The topological polar surface area (TPSA) is 88.2 Å². The summed E-state index contributed by atoms with van der Waals surface area (Å²) in [6, 6.07) is 4.90. The Kier molecular flexibility index (Phi) is 5.10. The molecule has 0 radical (unpaired) electrons. The second-order valence-corrected chi connectivity index (χ2v) is 7.96. The Morgan fingerprint density at radius 1 is 1.17 bits per heavy atom. The number of urea groups is 1. The Morgan fingerprint density at radius 3 is 2.62 bits per heavy atom. The first kappa shape index (κ1) is 19.5. The van der Waals surface area contributed by atoms with Crippen LogP contribution in [0.4, 0.5) is 4.79 Å². The van der Waals surface area contributed by atoms with Gasteiger partial charge in [0.15, 0.2) is 0 Å². The van der Waals surface area contributed by atoms with E-state index in [0.717, 1.165) is 36.1 Å². The van der Waals surface area contributed by atoms with Gasteiger partial charge in [-0.15, -0.1) is 0 Å². The predicted octanol–water partition coefficient (Wildman–Crippen LogP) is 2.23. The second-order valence-electron chi connectivity index (χ2n) is 7.96. The summed E-state index contributed by atoms with van der Waals surface area (Å²) in [5.74, 6) is 0.895. The number of methoxy groups -OCH3 is 2. The van der Waals surface area contributed by atoms with Crippen LogP contribution in [0.25, 0.3) is 0 Å². The van der Waals surface area contributed by atoms with E-state index in [4.69, 9.17) is 9.47 Å². The molecular weight excluding hydrogens is 374 g/mol. The number of ether oxygens (including phenoxy) is 2. The molecule has 0 bridgehead atoms. The van der Waals surface area contributed by atoms with E-state index in [1.54, 1.807) is 19.1 Å². The van der Waals surface area contributed by atoms with Gasteiger partial charge in [0, 0.05) is 12.1 Å². The first-order valence-corrected chi connectivity index (χ1v) is 10.1. The number of amides is 4. The molecule has 29 heavy (non-hydrogen) atoms. The van der Waals surface area contributed by atoms with Crippen LogP contribution in [-0.2, 0) is 9.59 Å². The number of rotatable bonds is 5. The molecule has 2 heterocycles. The maximum atomic E-state index is 13.1. The third-order valence-corrected chi connectivity index (χ3v) is 6.37. The number of carbonyl (C=O) groups excluding carboxylic acids is 3. The van der Waals surface area contributed by atoms with E-state index >= 15 is 0 Å². The molecule has 1 aliphatic carbocycles. The van der Waals surface area contributed by atoms with Crippen LogP contribution < -0.4 is 14.8 Å². The van der Waals surface area contributed by atoms with E-state index in [1.165, 1.54) is 0 Å². The van der Waals surface area contributed by atoms with Crippen molar-refractivity contribution < 1.29 is 23.9 Å². The molecule has 4 amide bonds. The summed E-state index contributed by atoms with van der Waals surface area (Å²) < 4.78 is 10.8. The van der Waals surface area contributed by atoms with Crippen LogP contribution >= 0.6 is 0 Å². The number of imide groups is 1. The molecule has 3 fully saturated rings. The lowest BCUT2D eigenvalue weighted by atomic mass is 9.98. The summed E-state index contributed by atoms with van der Waals surface area (Å²) in [4.78, 5) is 41.2. The van der Waals surface area contributed by atoms with Crippen LogP contribution in [0.15, 0.2) is 18.2 Å². The predicted molar refractivity (Wildman–Crippen MR) is 105 cm³/mol. The molecule has 1 spiro atoms. The molecule has 1 N–H and O–H groups in total. The van der Waals surface area contributed by atoms with Crippen LogP contribution in [0.3, 0.4) is 0 Å². The molecule has 1 saturated carbocycles. The highest BCUT2D eigenvalue weighted by molar-refractivity contribution is 6.09. The van der Waals surface area contributed by atoms with Gasteiger partial charge < -0.3 is 19.7 Å². The SMILES string of the molecule is COc1ccc(OC)c([C@@H]2CCCN2C(=O)CN2C(=O)NC3(CCCC3)C2=O)c1. The average Bonchev–Trinajstić information content (AvgIpc) is 3.45. The van der Waals surface area contributed by atoms with Crippen molar-refractivity contribution in [2.24, 2.45) is 0 Å². The zero-order valence-corrected chi connectivity index (χ0v) is 16.9. The Labute approximate surface area is 170 Å². The van der Waals surface area contributed by atoms with Gasteiger partial charge in [0.05, 0.1) is 20.3 Å². The molecule has 1 aromatic carbocycles. The zero-order chi connectivity index (χ0) is 20.6. The van der Waals surface area contributed by atoms with Gasteiger partial charge in [0.1, 0.15) is 23.6 Å². The number of nitrogens with zero attached hydrogens (tertiary/aromatic N) is 2. The lowest BCUT2D eigenvalue weighted by Gasteiger charge is -2.28. The normalized spacial score (nSPS) is 23.0. The second kappa shape index (κ2) is 7.57. The molecule has 8 heteroatoms. The Hall–Kier alpha value is -2.77. The quantitative estimate of drug-likeness (QED) is 0.765. The van der Waals surface area contributed by atoms with Gasteiger partial charge >= 0.3 is 6.03 Å². The summed E-state index contributed by atoms with van der Waals surface area (Å²) in [7, 11) is 3.19. The summed E-state index contributed by atoms with van der Waals surface area (Å²) in [6.07, 6.45) is 4.76. The zero-order valence-electron chi connectivity index (χ0n) is 16.9. The largest absolute Gasteiger partial charge is 0.497 e. The third kappa shape index (κ3) is 3.30. The fraction of sp³-hybridized carbons (Fsp3) is 0.571. The first-order valence-electron chi connectivity index (χ1n) is 10.1. The monoisotopic (exact) mass is 401 g/mol. The smallest absolute Gasteiger partial charge is 0.325 e. The molecule has 1 atom stereocenters. The summed E-state index contributed by atoms with van der Waals surface area (Å²) in [6.45, 7) is 0.355. The fourth-order valence-corrected chi connectivity index (χ4v) is 4.85. The minimum atomic E-state index is -0.794. The average molecular weight is 401 g/mol. The summed E-state index contributed by atoms with van der Waals surface area (Å²) >= 11 is 0. The first-order chi connectivity index (χ1) is 14.0. The van der Waals surface area contributed by atoms with Gasteiger partial charge in [-0.1, -0.05) is 12.8 Å². The van der Waals surface area contributed by atoms with Gasteiger partial charge in [0.25, 0.3) is 5.91 Å². The standard InChI is InChI=1S/C21H27N3O5/c1-28-14-7-8-17(29-2)15(12-14)16-6-5-11-23(16)18(25)13-24-19(26)21(22-20(24)27)9-3-4-10-21/h7-8,12,16H,3-6,9-11,13H2,1-2H3,(H,22,27)/t16-/m0/s1. The third-order valence-electron chi connectivity index (χ3n) is 6.37. The van der Waals surface area contributed by atoms with Crippen LogP contribution in [0, 0.1) is 0 Å².